The van der Waals surface area contributed by atoms with Crippen molar-refractivity contribution in [1.29, 1.82) is 0 Å². The van der Waals surface area contributed by atoms with Gasteiger partial charge < -0.3 is 9.47 Å². The van der Waals surface area contributed by atoms with E-state index in [4.69, 9.17) is 9.47 Å². The third kappa shape index (κ3) is 4.06. The van der Waals surface area contributed by atoms with Crippen LogP contribution >= 0.6 is 0 Å². The molecule has 1 heterocycles. The fourth-order valence-electron chi connectivity index (χ4n) is 2.64. The van der Waals surface area contributed by atoms with Gasteiger partial charge in [-0.2, -0.15) is 0 Å². The smallest absolute Gasteiger partial charge is 0.157 e. The summed E-state index contributed by atoms with van der Waals surface area (Å²) >= 11 is 0. The van der Waals surface area contributed by atoms with E-state index in [0.717, 1.165) is 19.4 Å². The molecular weight excluding hydrogens is 200 g/mol. The molecule has 0 N–H and O–H groups in total. The van der Waals surface area contributed by atoms with Gasteiger partial charge in [-0.15, -0.1) is 0 Å². The zero-order valence-corrected chi connectivity index (χ0v) is 11.4. The van der Waals surface area contributed by atoms with Gasteiger partial charge in [0.1, 0.15) is 0 Å². The van der Waals surface area contributed by atoms with E-state index in [0.29, 0.717) is 6.10 Å². The van der Waals surface area contributed by atoms with Crippen LogP contribution in [0.3, 0.4) is 0 Å². The number of ether oxygens (including phenoxy) is 2. The molecule has 0 aliphatic carbocycles. The molecule has 0 radical (unpaired) electrons. The van der Waals surface area contributed by atoms with Gasteiger partial charge in [-0.1, -0.05) is 34.1 Å². The molecule has 0 spiro atoms. The lowest BCUT2D eigenvalue weighted by atomic mass is 9.81. The fraction of sp³-hybridized carbons (Fsp3) is 1.00. The summed E-state index contributed by atoms with van der Waals surface area (Å²) < 4.78 is 11.8. The molecule has 96 valence electrons. The first-order chi connectivity index (χ1) is 7.60. The van der Waals surface area contributed by atoms with E-state index in [2.05, 4.69) is 27.7 Å². The Hall–Kier alpha value is -0.0800. The molecule has 1 aliphatic rings. The molecular formula is C14H28O2. The van der Waals surface area contributed by atoms with E-state index in [-0.39, 0.29) is 11.7 Å². The summed E-state index contributed by atoms with van der Waals surface area (Å²) in [5.74, 6) is 0. The Labute approximate surface area is 101 Å². The maximum Gasteiger partial charge on any atom is 0.157 e. The standard InChI is InChI=1S/C14H28O2/c1-5-10-14(3,4)12(6-2)16-13-9-7-8-11-15-13/h12-13H,5-11H2,1-4H3/t12-,13-/m0/s1. The predicted octanol–water partition coefficient (Wildman–Crippen LogP) is 4.13. The Kier molecular flexibility index (Phi) is 5.77. The average Bonchev–Trinajstić information content (AvgIpc) is 2.27. The molecule has 16 heavy (non-hydrogen) atoms. The van der Waals surface area contributed by atoms with Gasteiger partial charge in [-0.3, -0.25) is 0 Å². The predicted molar refractivity (Wildman–Crippen MR) is 67.4 cm³/mol. The zero-order valence-electron chi connectivity index (χ0n) is 11.4. The lowest BCUT2D eigenvalue weighted by Gasteiger charge is -2.37. The molecule has 1 rings (SSSR count). The lowest BCUT2D eigenvalue weighted by molar-refractivity contribution is -0.210. The number of hydrogen-bond donors (Lipinski definition) is 0. The van der Waals surface area contributed by atoms with E-state index in [1.165, 1.54) is 25.7 Å². The van der Waals surface area contributed by atoms with Gasteiger partial charge in [0.15, 0.2) is 6.29 Å². The van der Waals surface area contributed by atoms with Crippen molar-refractivity contribution in [2.45, 2.75) is 78.6 Å². The quantitative estimate of drug-likeness (QED) is 0.680. The topological polar surface area (TPSA) is 18.5 Å². The van der Waals surface area contributed by atoms with Crippen molar-refractivity contribution in [3.63, 3.8) is 0 Å². The Morgan fingerprint density at radius 1 is 1.31 bits per heavy atom. The molecule has 1 fully saturated rings. The van der Waals surface area contributed by atoms with Crippen molar-refractivity contribution in [3.05, 3.63) is 0 Å². The lowest BCUT2D eigenvalue weighted by Crippen LogP contribution is -2.37. The van der Waals surface area contributed by atoms with Gasteiger partial charge in [0, 0.05) is 6.61 Å². The molecule has 0 aromatic carbocycles. The van der Waals surface area contributed by atoms with Crippen molar-refractivity contribution < 1.29 is 9.47 Å². The van der Waals surface area contributed by atoms with Crippen LogP contribution in [0.5, 0.6) is 0 Å². The molecule has 0 aromatic heterocycles. The second-order valence-electron chi connectivity index (χ2n) is 5.57. The van der Waals surface area contributed by atoms with Crippen molar-refractivity contribution in [2.24, 2.45) is 5.41 Å². The molecule has 1 saturated heterocycles. The molecule has 2 nitrogen and oxygen atoms in total. The first-order valence-electron chi connectivity index (χ1n) is 6.87. The summed E-state index contributed by atoms with van der Waals surface area (Å²) in [6.07, 6.45) is 7.40. The third-order valence-corrected chi connectivity index (χ3v) is 3.59. The maximum absolute atomic E-state index is 6.14. The second kappa shape index (κ2) is 6.61. The van der Waals surface area contributed by atoms with Gasteiger partial charge in [0.25, 0.3) is 0 Å². The minimum atomic E-state index is 0.0508. The molecule has 0 aromatic rings. The van der Waals surface area contributed by atoms with E-state index in [9.17, 15) is 0 Å². The van der Waals surface area contributed by atoms with E-state index >= 15 is 0 Å². The van der Waals surface area contributed by atoms with Crippen LogP contribution in [0.25, 0.3) is 0 Å². The minimum absolute atomic E-state index is 0.0508. The van der Waals surface area contributed by atoms with E-state index in [1.54, 1.807) is 0 Å². The van der Waals surface area contributed by atoms with Crippen LogP contribution in [-0.2, 0) is 9.47 Å². The summed E-state index contributed by atoms with van der Waals surface area (Å²) in [6, 6.07) is 0. The van der Waals surface area contributed by atoms with Gasteiger partial charge in [0.05, 0.1) is 6.10 Å². The Morgan fingerprint density at radius 2 is 2.06 bits per heavy atom. The Morgan fingerprint density at radius 3 is 2.56 bits per heavy atom. The van der Waals surface area contributed by atoms with E-state index in [1.807, 2.05) is 0 Å². The molecule has 0 bridgehead atoms. The summed E-state index contributed by atoms with van der Waals surface area (Å²) in [6.45, 7) is 9.95. The highest BCUT2D eigenvalue weighted by Crippen LogP contribution is 2.33. The Balaban J connectivity index is 2.46. The zero-order chi connectivity index (χ0) is 12.0. The summed E-state index contributed by atoms with van der Waals surface area (Å²) in [4.78, 5) is 0. The third-order valence-electron chi connectivity index (χ3n) is 3.59. The highest BCUT2D eigenvalue weighted by atomic mass is 16.7. The molecule has 0 unspecified atom stereocenters. The highest BCUT2D eigenvalue weighted by molar-refractivity contribution is 4.78. The first-order valence-corrected chi connectivity index (χ1v) is 6.87. The minimum Gasteiger partial charge on any atom is -0.353 e. The SMILES string of the molecule is CCCC(C)(C)[C@H](CC)O[C@H]1CCCCO1. The van der Waals surface area contributed by atoms with Crippen LogP contribution in [-0.4, -0.2) is 19.0 Å². The first kappa shape index (κ1) is 14.0. The van der Waals surface area contributed by atoms with Crippen molar-refractivity contribution in [1.82, 2.24) is 0 Å². The van der Waals surface area contributed by atoms with Gasteiger partial charge in [-0.25, -0.2) is 0 Å². The number of hydrogen-bond acceptors (Lipinski definition) is 2. The van der Waals surface area contributed by atoms with Crippen LogP contribution in [0, 0.1) is 5.41 Å². The van der Waals surface area contributed by atoms with Gasteiger partial charge >= 0.3 is 0 Å². The monoisotopic (exact) mass is 228 g/mol. The summed E-state index contributed by atoms with van der Waals surface area (Å²) in [7, 11) is 0. The Bertz CT molecular complexity index is 183. The normalized spacial score (nSPS) is 24.4. The van der Waals surface area contributed by atoms with Crippen molar-refractivity contribution in [3.8, 4) is 0 Å². The summed E-state index contributed by atoms with van der Waals surface area (Å²) in [5, 5.41) is 0. The largest absolute Gasteiger partial charge is 0.353 e. The fourth-order valence-corrected chi connectivity index (χ4v) is 2.64. The molecule has 2 atom stereocenters. The average molecular weight is 228 g/mol. The van der Waals surface area contributed by atoms with Crippen molar-refractivity contribution in [2.75, 3.05) is 6.61 Å². The summed E-state index contributed by atoms with van der Waals surface area (Å²) in [5.41, 5.74) is 0.268. The van der Waals surface area contributed by atoms with Crippen LogP contribution in [0.4, 0.5) is 0 Å². The van der Waals surface area contributed by atoms with E-state index < -0.39 is 0 Å². The van der Waals surface area contributed by atoms with Crippen LogP contribution in [0.1, 0.15) is 66.2 Å². The van der Waals surface area contributed by atoms with Gasteiger partial charge in [-0.05, 0) is 37.5 Å². The van der Waals surface area contributed by atoms with Crippen LogP contribution in [0.2, 0.25) is 0 Å². The maximum atomic E-state index is 6.14. The van der Waals surface area contributed by atoms with Crippen molar-refractivity contribution >= 4 is 0 Å². The second-order valence-corrected chi connectivity index (χ2v) is 5.57. The van der Waals surface area contributed by atoms with Crippen LogP contribution in [0.15, 0.2) is 0 Å². The molecule has 1 aliphatic heterocycles. The van der Waals surface area contributed by atoms with Crippen LogP contribution < -0.4 is 0 Å². The number of rotatable bonds is 6. The highest BCUT2D eigenvalue weighted by Gasteiger charge is 2.31. The molecule has 0 saturated carbocycles. The van der Waals surface area contributed by atoms with Gasteiger partial charge in [0.2, 0.25) is 0 Å². The molecule has 0 amide bonds. The molecule has 2 heteroatoms.